The van der Waals surface area contributed by atoms with E-state index >= 15 is 0 Å². The van der Waals surface area contributed by atoms with Gasteiger partial charge in [-0.1, -0.05) is 0 Å². The van der Waals surface area contributed by atoms with Crippen LogP contribution in [0.15, 0.2) is 40.9 Å². The van der Waals surface area contributed by atoms with Gasteiger partial charge in [-0.2, -0.15) is 0 Å². The number of hydrogen-bond acceptors (Lipinski definition) is 4. The molecule has 0 atom stereocenters. The minimum atomic E-state index is -0.307. The third-order valence-corrected chi connectivity index (χ3v) is 2.38. The molecule has 0 spiro atoms. The van der Waals surface area contributed by atoms with Crippen LogP contribution in [0.1, 0.15) is 0 Å². The molecule has 2 heterocycles. The smallest absolute Gasteiger partial charge is 0.197 e. The molecule has 1 aromatic carbocycles. The average molecular weight is 229 g/mol. The van der Waals surface area contributed by atoms with E-state index in [0.29, 0.717) is 28.4 Å². The largest absolute Gasteiger partial charge is 0.453 e. The fraction of sp³-hybridized carbons (Fsp3) is 0. The van der Waals surface area contributed by atoms with E-state index in [1.807, 2.05) is 0 Å². The highest BCUT2D eigenvalue weighted by Crippen LogP contribution is 2.26. The molecule has 0 saturated heterocycles. The first-order chi connectivity index (χ1) is 8.22. The molecular formula is C12H8FN3O. The number of nitrogens with zero attached hydrogens (tertiary/aromatic N) is 2. The van der Waals surface area contributed by atoms with Gasteiger partial charge in [0, 0.05) is 11.6 Å². The van der Waals surface area contributed by atoms with Crippen LogP contribution in [0.2, 0.25) is 0 Å². The van der Waals surface area contributed by atoms with Gasteiger partial charge in [-0.05, 0) is 30.3 Å². The third kappa shape index (κ3) is 1.71. The predicted octanol–water partition coefficient (Wildman–Crippen LogP) is 2.61. The van der Waals surface area contributed by atoms with Crippen LogP contribution in [0.25, 0.3) is 22.6 Å². The van der Waals surface area contributed by atoms with Crippen LogP contribution in [-0.4, -0.2) is 9.97 Å². The number of anilines is 1. The molecule has 0 aliphatic carbocycles. The zero-order valence-electron chi connectivity index (χ0n) is 8.72. The highest BCUT2D eigenvalue weighted by molar-refractivity contribution is 5.81. The van der Waals surface area contributed by atoms with Crippen molar-refractivity contribution in [2.45, 2.75) is 0 Å². The fourth-order valence-electron chi connectivity index (χ4n) is 1.62. The van der Waals surface area contributed by atoms with Crippen LogP contribution >= 0.6 is 0 Å². The van der Waals surface area contributed by atoms with Gasteiger partial charge >= 0.3 is 0 Å². The third-order valence-electron chi connectivity index (χ3n) is 2.38. The van der Waals surface area contributed by atoms with E-state index in [1.165, 1.54) is 12.1 Å². The Hall–Kier alpha value is -2.43. The normalized spacial score (nSPS) is 10.9. The lowest BCUT2D eigenvalue weighted by molar-refractivity contribution is 0.616. The summed E-state index contributed by atoms with van der Waals surface area (Å²) >= 11 is 0. The Bertz CT molecular complexity index is 693. The summed E-state index contributed by atoms with van der Waals surface area (Å²) in [6.45, 7) is 0. The van der Waals surface area contributed by atoms with Crippen molar-refractivity contribution in [2.24, 2.45) is 0 Å². The summed E-state index contributed by atoms with van der Waals surface area (Å²) in [5.41, 5.74) is 6.15. The zero-order chi connectivity index (χ0) is 11.8. The molecule has 84 valence electrons. The predicted molar refractivity (Wildman–Crippen MR) is 61.6 cm³/mol. The Morgan fingerprint density at radius 2 is 2.06 bits per heavy atom. The zero-order valence-corrected chi connectivity index (χ0v) is 8.72. The first-order valence-electron chi connectivity index (χ1n) is 5.00. The number of furan rings is 1. The number of aromatic nitrogens is 2. The molecule has 4 nitrogen and oxygen atoms in total. The molecule has 0 aliphatic rings. The number of nitrogens with two attached hydrogens (primary N) is 1. The molecule has 5 heteroatoms. The van der Waals surface area contributed by atoms with Crippen LogP contribution in [0.4, 0.5) is 10.2 Å². The van der Waals surface area contributed by atoms with Crippen LogP contribution < -0.4 is 5.73 Å². The standard InChI is InChI=1S/C12H8FN3O/c13-8-1-2-9-7(5-8)6-10(17-9)12-15-4-3-11(14)16-12/h1-6H,(H2,14,15,16). The monoisotopic (exact) mass is 229 g/mol. The van der Waals surface area contributed by atoms with E-state index in [0.717, 1.165) is 0 Å². The Kier molecular flexibility index (Phi) is 2.04. The van der Waals surface area contributed by atoms with Crippen molar-refractivity contribution >= 4 is 16.8 Å². The molecule has 0 amide bonds. The Morgan fingerprint density at radius 3 is 2.88 bits per heavy atom. The van der Waals surface area contributed by atoms with Crippen molar-refractivity contribution in [3.8, 4) is 11.6 Å². The van der Waals surface area contributed by atoms with Crippen molar-refractivity contribution < 1.29 is 8.81 Å². The van der Waals surface area contributed by atoms with Gasteiger partial charge in [0.1, 0.15) is 17.2 Å². The first kappa shape index (κ1) is 9.77. The van der Waals surface area contributed by atoms with E-state index in [-0.39, 0.29) is 5.82 Å². The summed E-state index contributed by atoms with van der Waals surface area (Å²) in [5, 5.41) is 0.672. The van der Waals surface area contributed by atoms with Crippen LogP contribution in [0.3, 0.4) is 0 Å². The molecule has 3 rings (SSSR count). The van der Waals surface area contributed by atoms with Crippen molar-refractivity contribution in [1.29, 1.82) is 0 Å². The maximum atomic E-state index is 13.0. The fourth-order valence-corrected chi connectivity index (χ4v) is 1.62. The number of hydrogen-bond donors (Lipinski definition) is 1. The molecule has 0 saturated carbocycles. The minimum Gasteiger partial charge on any atom is -0.453 e. The van der Waals surface area contributed by atoms with Gasteiger partial charge in [0.15, 0.2) is 11.6 Å². The molecule has 17 heavy (non-hydrogen) atoms. The highest BCUT2D eigenvalue weighted by Gasteiger charge is 2.09. The summed E-state index contributed by atoms with van der Waals surface area (Å²) < 4.78 is 18.5. The second kappa shape index (κ2) is 3.55. The number of halogens is 1. The van der Waals surface area contributed by atoms with Gasteiger partial charge in [0.25, 0.3) is 0 Å². The maximum Gasteiger partial charge on any atom is 0.197 e. The van der Waals surface area contributed by atoms with Crippen molar-refractivity contribution in [3.05, 3.63) is 42.3 Å². The first-order valence-corrected chi connectivity index (χ1v) is 5.00. The van der Waals surface area contributed by atoms with Crippen LogP contribution in [0.5, 0.6) is 0 Å². The minimum absolute atomic E-state index is 0.307. The Labute approximate surface area is 95.9 Å². The molecule has 0 bridgehead atoms. The number of nitrogen functional groups attached to an aromatic ring is 1. The van der Waals surface area contributed by atoms with E-state index in [1.54, 1.807) is 24.4 Å². The summed E-state index contributed by atoms with van der Waals surface area (Å²) in [7, 11) is 0. The van der Waals surface area contributed by atoms with Crippen LogP contribution in [0, 0.1) is 5.82 Å². The van der Waals surface area contributed by atoms with Gasteiger partial charge in [-0.25, -0.2) is 14.4 Å². The molecule has 3 aromatic rings. The average Bonchev–Trinajstić information content (AvgIpc) is 2.72. The van der Waals surface area contributed by atoms with Crippen molar-refractivity contribution in [3.63, 3.8) is 0 Å². The molecule has 0 radical (unpaired) electrons. The second-order valence-electron chi connectivity index (χ2n) is 3.60. The number of benzene rings is 1. The molecule has 0 fully saturated rings. The quantitative estimate of drug-likeness (QED) is 0.696. The van der Waals surface area contributed by atoms with Gasteiger partial charge < -0.3 is 10.2 Å². The molecule has 2 N–H and O–H groups in total. The SMILES string of the molecule is Nc1ccnc(-c2cc3cc(F)ccc3o2)n1. The van der Waals surface area contributed by atoms with E-state index in [2.05, 4.69) is 9.97 Å². The lowest BCUT2D eigenvalue weighted by atomic mass is 10.2. The van der Waals surface area contributed by atoms with Gasteiger partial charge in [-0.3, -0.25) is 0 Å². The topological polar surface area (TPSA) is 64.9 Å². The van der Waals surface area contributed by atoms with Gasteiger partial charge in [-0.15, -0.1) is 0 Å². The summed E-state index contributed by atoms with van der Waals surface area (Å²) in [4.78, 5) is 8.09. The molecule has 2 aromatic heterocycles. The Balaban J connectivity index is 2.18. The van der Waals surface area contributed by atoms with Crippen molar-refractivity contribution in [2.75, 3.05) is 5.73 Å². The second-order valence-corrected chi connectivity index (χ2v) is 3.60. The molecule has 0 unspecified atom stereocenters. The highest BCUT2D eigenvalue weighted by atomic mass is 19.1. The Morgan fingerprint density at radius 1 is 1.18 bits per heavy atom. The summed E-state index contributed by atoms with van der Waals surface area (Å²) in [5.74, 6) is 0.916. The van der Waals surface area contributed by atoms with Crippen molar-refractivity contribution in [1.82, 2.24) is 9.97 Å². The number of rotatable bonds is 1. The molecule has 0 aliphatic heterocycles. The van der Waals surface area contributed by atoms with E-state index in [9.17, 15) is 4.39 Å². The van der Waals surface area contributed by atoms with Gasteiger partial charge in [0.2, 0.25) is 0 Å². The molecular weight excluding hydrogens is 221 g/mol. The van der Waals surface area contributed by atoms with Crippen LogP contribution in [-0.2, 0) is 0 Å². The lowest BCUT2D eigenvalue weighted by Gasteiger charge is -1.95. The van der Waals surface area contributed by atoms with Gasteiger partial charge in [0.05, 0.1) is 0 Å². The summed E-state index contributed by atoms with van der Waals surface area (Å²) in [6, 6.07) is 7.59. The maximum absolute atomic E-state index is 13.0. The van der Waals surface area contributed by atoms with E-state index < -0.39 is 0 Å². The summed E-state index contributed by atoms with van der Waals surface area (Å²) in [6.07, 6.45) is 1.55. The lowest BCUT2D eigenvalue weighted by Crippen LogP contribution is -1.93. The van der Waals surface area contributed by atoms with E-state index in [4.69, 9.17) is 10.2 Å². The number of fused-ring (bicyclic) bond motifs is 1.